The third kappa shape index (κ3) is 10.3. The molecule has 0 fully saturated rings. The van der Waals surface area contributed by atoms with Crippen molar-refractivity contribution in [1.29, 1.82) is 0 Å². The van der Waals surface area contributed by atoms with E-state index >= 15 is 0 Å². The van der Waals surface area contributed by atoms with E-state index < -0.39 is 6.04 Å². The Hall–Kier alpha value is -2.63. The third-order valence-corrected chi connectivity index (χ3v) is 4.52. The lowest BCUT2D eigenvalue weighted by Gasteiger charge is -2.23. The second-order valence-electron chi connectivity index (χ2n) is 7.31. The van der Waals surface area contributed by atoms with Gasteiger partial charge in [0.15, 0.2) is 0 Å². The zero-order chi connectivity index (χ0) is 23.2. The smallest absolute Gasteiger partial charge is 0.246 e. The number of unbranched alkanes of at least 4 members (excludes halogenated alkanes) is 1. The van der Waals surface area contributed by atoms with Crippen molar-refractivity contribution in [1.82, 2.24) is 25.1 Å². The Morgan fingerprint density at radius 1 is 1.29 bits per heavy atom. The maximum atomic E-state index is 12.3. The maximum Gasteiger partial charge on any atom is 0.246 e. The Morgan fingerprint density at radius 3 is 2.71 bits per heavy atom. The van der Waals surface area contributed by atoms with Crippen molar-refractivity contribution in [3.05, 3.63) is 29.2 Å². The number of rotatable bonds is 11. The van der Waals surface area contributed by atoms with E-state index in [1.54, 1.807) is 26.2 Å². The van der Waals surface area contributed by atoms with Gasteiger partial charge in [-0.1, -0.05) is 24.8 Å². The number of hydrogen-bond acceptors (Lipinski definition) is 6. The SMILES string of the molecule is CCCNc1nc(Cl)ncc1C#CCCCNC(=O)[C@H](C)N(C)C(=O)C=CCN(C)C. The number of nitrogens with zero attached hydrogens (tertiary/aromatic N) is 4. The summed E-state index contributed by atoms with van der Waals surface area (Å²) in [6.07, 6.45) is 7.12. The number of likely N-dealkylation sites (N-methyl/N-ethyl adjacent to an activating group) is 2. The highest BCUT2D eigenvalue weighted by atomic mass is 35.5. The van der Waals surface area contributed by atoms with Crippen LogP contribution in [0, 0.1) is 11.8 Å². The Labute approximate surface area is 190 Å². The summed E-state index contributed by atoms with van der Waals surface area (Å²) in [5.74, 6) is 6.36. The van der Waals surface area contributed by atoms with Gasteiger partial charge in [-0.05, 0) is 45.5 Å². The average molecular weight is 449 g/mol. The molecular weight excluding hydrogens is 416 g/mol. The lowest BCUT2D eigenvalue weighted by Crippen LogP contribution is -2.45. The van der Waals surface area contributed by atoms with Crippen LogP contribution >= 0.6 is 11.6 Å². The monoisotopic (exact) mass is 448 g/mol. The first-order chi connectivity index (χ1) is 14.8. The molecule has 1 atom stereocenters. The van der Waals surface area contributed by atoms with Gasteiger partial charge in [0.25, 0.3) is 0 Å². The molecule has 1 aromatic rings. The Balaban J connectivity index is 2.44. The fourth-order valence-electron chi connectivity index (χ4n) is 2.37. The molecule has 2 amide bonds. The predicted octanol–water partition coefficient (Wildman–Crippen LogP) is 2.16. The highest BCUT2D eigenvalue weighted by Crippen LogP contribution is 2.13. The number of carbonyl (C=O) groups is 2. The zero-order valence-corrected chi connectivity index (χ0v) is 19.8. The van der Waals surface area contributed by atoms with E-state index in [2.05, 4.69) is 39.4 Å². The van der Waals surface area contributed by atoms with E-state index in [9.17, 15) is 9.59 Å². The van der Waals surface area contributed by atoms with Gasteiger partial charge in [-0.2, -0.15) is 4.98 Å². The summed E-state index contributed by atoms with van der Waals surface area (Å²) in [6, 6.07) is -0.555. The molecule has 2 N–H and O–H groups in total. The predicted molar refractivity (Wildman–Crippen MR) is 125 cm³/mol. The minimum absolute atomic E-state index is 0.178. The molecule has 0 aliphatic rings. The minimum Gasteiger partial charge on any atom is -0.369 e. The maximum absolute atomic E-state index is 12.3. The summed E-state index contributed by atoms with van der Waals surface area (Å²) in [4.78, 5) is 35.9. The summed E-state index contributed by atoms with van der Waals surface area (Å²) < 4.78 is 0. The van der Waals surface area contributed by atoms with Crippen molar-refractivity contribution in [2.45, 2.75) is 39.2 Å². The van der Waals surface area contributed by atoms with Crippen LogP contribution in [0.3, 0.4) is 0 Å². The molecule has 31 heavy (non-hydrogen) atoms. The normalized spacial score (nSPS) is 11.7. The number of halogens is 1. The molecule has 0 saturated carbocycles. The second kappa shape index (κ2) is 14.4. The van der Waals surface area contributed by atoms with Crippen LogP contribution in [-0.2, 0) is 9.59 Å². The van der Waals surface area contributed by atoms with Gasteiger partial charge in [0.05, 0.1) is 5.56 Å². The standard InChI is InChI=1S/C22H33ClN6O2/c1-6-13-24-20-18(16-26-22(23)27-20)11-8-7-9-14-25-21(31)17(2)29(5)19(30)12-10-15-28(3)4/h10,12,16-17H,6-7,9,13-15H2,1-5H3,(H,25,31)(H,24,26,27)/t17-/m0/s1. The second-order valence-corrected chi connectivity index (χ2v) is 7.65. The van der Waals surface area contributed by atoms with E-state index in [0.717, 1.165) is 13.0 Å². The van der Waals surface area contributed by atoms with Gasteiger partial charge in [-0.25, -0.2) is 4.98 Å². The van der Waals surface area contributed by atoms with Crippen molar-refractivity contribution in [2.75, 3.05) is 46.1 Å². The summed E-state index contributed by atoms with van der Waals surface area (Å²) in [7, 11) is 5.46. The Kier molecular flexibility index (Phi) is 12.3. The number of amides is 2. The largest absolute Gasteiger partial charge is 0.369 e. The summed E-state index contributed by atoms with van der Waals surface area (Å²) in [6.45, 7) is 5.69. The molecule has 0 saturated heterocycles. The lowest BCUT2D eigenvalue weighted by atomic mass is 10.2. The van der Waals surface area contributed by atoms with Crippen LogP contribution in [0.15, 0.2) is 18.3 Å². The molecule has 1 rings (SSSR count). The molecule has 0 spiro atoms. The molecular formula is C22H33ClN6O2. The van der Waals surface area contributed by atoms with Crippen LogP contribution in [-0.4, -0.2) is 78.4 Å². The van der Waals surface area contributed by atoms with E-state index in [0.29, 0.717) is 37.3 Å². The lowest BCUT2D eigenvalue weighted by molar-refractivity contribution is -0.135. The van der Waals surface area contributed by atoms with Crippen molar-refractivity contribution in [2.24, 2.45) is 0 Å². The molecule has 1 heterocycles. The fraction of sp³-hybridized carbons (Fsp3) is 0.545. The molecule has 9 heteroatoms. The van der Waals surface area contributed by atoms with Crippen LogP contribution in [0.5, 0.6) is 0 Å². The van der Waals surface area contributed by atoms with Crippen LogP contribution in [0.4, 0.5) is 5.82 Å². The van der Waals surface area contributed by atoms with Crippen LogP contribution < -0.4 is 10.6 Å². The van der Waals surface area contributed by atoms with Gasteiger partial charge in [-0.3, -0.25) is 9.59 Å². The molecule has 8 nitrogen and oxygen atoms in total. The first kappa shape index (κ1) is 26.4. The van der Waals surface area contributed by atoms with Crippen LogP contribution in [0.2, 0.25) is 5.28 Å². The fourth-order valence-corrected chi connectivity index (χ4v) is 2.51. The number of hydrogen-bond donors (Lipinski definition) is 2. The number of nitrogens with one attached hydrogen (secondary N) is 2. The Bertz CT molecular complexity index is 816. The van der Waals surface area contributed by atoms with Crippen molar-refractivity contribution < 1.29 is 9.59 Å². The summed E-state index contributed by atoms with van der Waals surface area (Å²) >= 11 is 5.85. The molecule has 0 bridgehead atoms. The molecule has 0 aromatic carbocycles. The topological polar surface area (TPSA) is 90.5 Å². The highest BCUT2D eigenvalue weighted by Gasteiger charge is 2.20. The highest BCUT2D eigenvalue weighted by molar-refractivity contribution is 6.28. The van der Waals surface area contributed by atoms with Crippen molar-refractivity contribution in [3.63, 3.8) is 0 Å². The van der Waals surface area contributed by atoms with E-state index in [1.165, 1.54) is 11.0 Å². The molecule has 0 aliphatic heterocycles. The van der Waals surface area contributed by atoms with Crippen LogP contribution in [0.1, 0.15) is 38.7 Å². The van der Waals surface area contributed by atoms with Crippen molar-refractivity contribution >= 4 is 29.2 Å². The van der Waals surface area contributed by atoms with E-state index in [-0.39, 0.29) is 17.1 Å². The van der Waals surface area contributed by atoms with E-state index in [1.807, 2.05) is 19.0 Å². The first-order valence-electron chi connectivity index (χ1n) is 10.4. The molecule has 1 aromatic heterocycles. The molecule has 0 aliphatic carbocycles. The van der Waals surface area contributed by atoms with E-state index in [4.69, 9.17) is 11.6 Å². The molecule has 170 valence electrons. The van der Waals surface area contributed by atoms with Gasteiger partial charge >= 0.3 is 0 Å². The van der Waals surface area contributed by atoms with Gasteiger partial charge < -0.3 is 20.4 Å². The number of carbonyl (C=O) groups excluding carboxylic acids is 2. The van der Waals surface area contributed by atoms with Crippen molar-refractivity contribution in [3.8, 4) is 11.8 Å². The quantitative estimate of drug-likeness (QED) is 0.233. The minimum atomic E-state index is -0.555. The van der Waals surface area contributed by atoms with Gasteiger partial charge in [0.1, 0.15) is 11.9 Å². The molecule has 0 unspecified atom stereocenters. The third-order valence-electron chi connectivity index (χ3n) is 4.34. The Morgan fingerprint density at radius 2 is 2.03 bits per heavy atom. The van der Waals surface area contributed by atoms with Gasteiger partial charge in [-0.15, -0.1) is 0 Å². The van der Waals surface area contributed by atoms with Crippen LogP contribution in [0.25, 0.3) is 0 Å². The summed E-state index contributed by atoms with van der Waals surface area (Å²) in [5.41, 5.74) is 0.693. The number of anilines is 1. The zero-order valence-electron chi connectivity index (χ0n) is 19.0. The molecule has 0 radical (unpaired) electrons. The van der Waals surface area contributed by atoms with Gasteiger partial charge in [0, 0.05) is 45.4 Å². The first-order valence-corrected chi connectivity index (χ1v) is 10.7. The average Bonchev–Trinajstić information content (AvgIpc) is 2.74. The number of aromatic nitrogens is 2. The van der Waals surface area contributed by atoms with Gasteiger partial charge in [0.2, 0.25) is 17.1 Å². The summed E-state index contributed by atoms with van der Waals surface area (Å²) in [5, 5.41) is 6.22.